The fraction of sp³-hybridized carbons (Fsp3) is 0.368. The first-order valence-electron chi connectivity index (χ1n) is 8.49. The SMILES string of the molecule is CC.CCN(CCO)c1ncnc2[nH]cc(-c3cccc(C)c3)c12. The molecule has 128 valence electrons. The molecule has 0 saturated heterocycles. The van der Waals surface area contributed by atoms with E-state index in [-0.39, 0.29) is 6.61 Å². The van der Waals surface area contributed by atoms with Crippen molar-refractivity contribution in [1.82, 2.24) is 15.0 Å². The number of H-pyrrole nitrogens is 1. The first kappa shape index (κ1) is 17.9. The van der Waals surface area contributed by atoms with Crippen LogP contribution in [-0.4, -0.2) is 39.8 Å². The molecule has 2 N–H and O–H groups in total. The van der Waals surface area contributed by atoms with Crippen LogP contribution in [0.15, 0.2) is 36.8 Å². The number of hydrogen-bond acceptors (Lipinski definition) is 4. The summed E-state index contributed by atoms with van der Waals surface area (Å²) in [4.78, 5) is 14.1. The Balaban J connectivity index is 0.00000100. The summed E-state index contributed by atoms with van der Waals surface area (Å²) in [5, 5.41) is 10.3. The lowest BCUT2D eigenvalue weighted by molar-refractivity contribution is 0.302. The van der Waals surface area contributed by atoms with E-state index < -0.39 is 0 Å². The number of nitrogens with one attached hydrogen (secondary N) is 1. The molecule has 1 aromatic carbocycles. The lowest BCUT2D eigenvalue weighted by Crippen LogP contribution is -2.27. The number of aryl methyl sites for hydroxylation is 1. The van der Waals surface area contributed by atoms with Crippen molar-refractivity contribution in [3.63, 3.8) is 0 Å². The Labute approximate surface area is 143 Å². The first-order chi connectivity index (χ1) is 11.7. The summed E-state index contributed by atoms with van der Waals surface area (Å²) in [6.07, 6.45) is 3.54. The topological polar surface area (TPSA) is 65.0 Å². The first-order valence-corrected chi connectivity index (χ1v) is 8.49. The fourth-order valence-electron chi connectivity index (χ4n) is 2.76. The number of rotatable bonds is 5. The van der Waals surface area contributed by atoms with E-state index in [1.54, 1.807) is 6.33 Å². The van der Waals surface area contributed by atoms with Gasteiger partial charge in [0.1, 0.15) is 17.8 Å². The van der Waals surface area contributed by atoms with Crippen LogP contribution >= 0.6 is 0 Å². The molecular formula is C19H26N4O. The van der Waals surface area contributed by atoms with E-state index in [1.807, 2.05) is 20.0 Å². The Bertz CT molecular complexity index is 782. The number of hydrogen-bond donors (Lipinski definition) is 2. The van der Waals surface area contributed by atoms with E-state index in [0.29, 0.717) is 6.54 Å². The number of benzene rings is 1. The maximum absolute atomic E-state index is 9.28. The molecule has 2 aromatic heterocycles. The molecule has 0 bridgehead atoms. The highest BCUT2D eigenvalue weighted by atomic mass is 16.3. The van der Waals surface area contributed by atoms with E-state index in [2.05, 4.69) is 58.0 Å². The third kappa shape index (κ3) is 3.57. The summed E-state index contributed by atoms with van der Waals surface area (Å²) in [6.45, 7) is 9.58. The second kappa shape index (κ2) is 8.45. The Morgan fingerprint density at radius 1 is 1.21 bits per heavy atom. The Morgan fingerprint density at radius 2 is 2.00 bits per heavy atom. The summed E-state index contributed by atoms with van der Waals surface area (Å²) < 4.78 is 0. The summed E-state index contributed by atoms with van der Waals surface area (Å²) in [6, 6.07) is 8.38. The van der Waals surface area contributed by atoms with Crippen LogP contribution in [-0.2, 0) is 0 Å². The standard InChI is InChI=1S/C17H20N4O.C2H6/c1-3-21(7-8-22)17-15-14(10-18-16(15)19-11-20-17)13-6-4-5-12(2)9-13;1-2/h4-6,9-11,22H,3,7-8H2,1-2H3,(H,18,19,20);1-2H3. The monoisotopic (exact) mass is 326 g/mol. The van der Waals surface area contributed by atoms with Gasteiger partial charge in [0.25, 0.3) is 0 Å². The van der Waals surface area contributed by atoms with Crippen molar-refractivity contribution < 1.29 is 5.11 Å². The van der Waals surface area contributed by atoms with E-state index >= 15 is 0 Å². The molecular weight excluding hydrogens is 300 g/mol. The molecule has 2 heterocycles. The van der Waals surface area contributed by atoms with Gasteiger partial charge in [0.2, 0.25) is 0 Å². The lowest BCUT2D eigenvalue weighted by atomic mass is 10.0. The number of aromatic nitrogens is 3. The van der Waals surface area contributed by atoms with Gasteiger partial charge in [-0.2, -0.15) is 0 Å². The molecule has 0 fully saturated rings. The Morgan fingerprint density at radius 3 is 2.67 bits per heavy atom. The molecule has 0 aliphatic rings. The molecule has 5 heteroatoms. The van der Waals surface area contributed by atoms with Gasteiger partial charge in [-0.3, -0.25) is 0 Å². The summed E-state index contributed by atoms with van der Waals surface area (Å²) in [5.41, 5.74) is 4.26. The molecule has 24 heavy (non-hydrogen) atoms. The van der Waals surface area contributed by atoms with Crippen molar-refractivity contribution in [3.8, 4) is 11.1 Å². The van der Waals surface area contributed by atoms with Crippen LogP contribution in [0, 0.1) is 6.92 Å². The van der Waals surface area contributed by atoms with Crippen LogP contribution in [0.5, 0.6) is 0 Å². The molecule has 0 spiro atoms. The minimum atomic E-state index is 0.101. The van der Waals surface area contributed by atoms with Crippen LogP contribution in [0.1, 0.15) is 26.3 Å². The molecule has 3 aromatic rings. The van der Waals surface area contributed by atoms with Gasteiger partial charge in [0.15, 0.2) is 0 Å². The van der Waals surface area contributed by atoms with Gasteiger partial charge in [-0.25, -0.2) is 9.97 Å². The normalized spacial score (nSPS) is 10.4. The van der Waals surface area contributed by atoms with Crippen molar-refractivity contribution in [3.05, 3.63) is 42.4 Å². The molecule has 0 radical (unpaired) electrons. The summed E-state index contributed by atoms with van der Waals surface area (Å²) in [5.74, 6) is 0.860. The number of nitrogens with zero attached hydrogens (tertiary/aromatic N) is 3. The van der Waals surface area contributed by atoms with Crippen molar-refractivity contribution >= 4 is 16.9 Å². The fourth-order valence-corrected chi connectivity index (χ4v) is 2.76. The molecule has 0 atom stereocenters. The van der Waals surface area contributed by atoms with Gasteiger partial charge in [-0.15, -0.1) is 0 Å². The summed E-state index contributed by atoms with van der Waals surface area (Å²) in [7, 11) is 0. The van der Waals surface area contributed by atoms with E-state index in [0.717, 1.165) is 34.5 Å². The predicted octanol–water partition coefficient (Wildman–Crippen LogP) is 3.78. The van der Waals surface area contributed by atoms with E-state index in [4.69, 9.17) is 0 Å². The number of fused-ring (bicyclic) bond motifs is 1. The van der Waals surface area contributed by atoms with Crippen molar-refractivity contribution in [2.75, 3.05) is 24.6 Å². The highest BCUT2D eigenvalue weighted by Crippen LogP contribution is 2.33. The second-order valence-electron chi connectivity index (χ2n) is 5.30. The van der Waals surface area contributed by atoms with Crippen molar-refractivity contribution in [2.45, 2.75) is 27.7 Å². The van der Waals surface area contributed by atoms with Crippen LogP contribution in [0.2, 0.25) is 0 Å². The van der Waals surface area contributed by atoms with Crippen LogP contribution in [0.3, 0.4) is 0 Å². The third-order valence-corrected chi connectivity index (χ3v) is 3.83. The number of aromatic amines is 1. The average molecular weight is 326 g/mol. The minimum absolute atomic E-state index is 0.101. The van der Waals surface area contributed by atoms with Gasteiger partial charge in [-0.05, 0) is 19.4 Å². The van der Waals surface area contributed by atoms with Crippen molar-refractivity contribution in [2.24, 2.45) is 0 Å². The lowest BCUT2D eigenvalue weighted by Gasteiger charge is -2.21. The highest BCUT2D eigenvalue weighted by molar-refractivity contribution is 6.01. The Kier molecular flexibility index (Phi) is 6.32. The van der Waals surface area contributed by atoms with Crippen LogP contribution in [0.25, 0.3) is 22.2 Å². The quantitative estimate of drug-likeness (QED) is 0.749. The van der Waals surface area contributed by atoms with Gasteiger partial charge >= 0.3 is 0 Å². The average Bonchev–Trinajstić information content (AvgIpc) is 3.06. The maximum atomic E-state index is 9.28. The molecule has 0 aliphatic carbocycles. The van der Waals surface area contributed by atoms with Gasteiger partial charge < -0.3 is 15.0 Å². The predicted molar refractivity (Wildman–Crippen MR) is 100 cm³/mol. The zero-order chi connectivity index (χ0) is 17.5. The molecule has 0 unspecified atom stereocenters. The van der Waals surface area contributed by atoms with Crippen LogP contribution in [0.4, 0.5) is 5.82 Å². The smallest absolute Gasteiger partial charge is 0.143 e. The molecule has 0 saturated carbocycles. The van der Waals surface area contributed by atoms with Crippen molar-refractivity contribution in [1.29, 1.82) is 0 Å². The minimum Gasteiger partial charge on any atom is -0.395 e. The molecule has 0 aliphatic heterocycles. The maximum Gasteiger partial charge on any atom is 0.143 e. The zero-order valence-corrected chi connectivity index (χ0v) is 14.9. The number of anilines is 1. The van der Waals surface area contributed by atoms with Gasteiger partial charge in [-0.1, -0.05) is 43.7 Å². The van der Waals surface area contributed by atoms with Gasteiger partial charge in [0, 0.05) is 24.8 Å². The Hall–Kier alpha value is -2.40. The highest BCUT2D eigenvalue weighted by Gasteiger charge is 2.16. The number of aliphatic hydroxyl groups excluding tert-OH is 1. The largest absolute Gasteiger partial charge is 0.395 e. The number of likely N-dealkylation sites (N-methyl/N-ethyl adjacent to an activating group) is 1. The van der Waals surface area contributed by atoms with Gasteiger partial charge in [0.05, 0.1) is 12.0 Å². The summed E-state index contributed by atoms with van der Waals surface area (Å²) >= 11 is 0. The molecule has 3 rings (SSSR count). The number of aliphatic hydroxyl groups is 1. The van der Waals surface area contributed by atoms with E-state index in [9.17, 15) is 5.11 Å². The molecule has 0 amide bonds. The zero-order valence-electron chi connectivity index (χ0n) is 14.9. The van der Waals surface area contributed by atoms with E-state index in [1.165, 1.54) is 5.56 Å². The van der Waals surface area contributed by atoms with Crippen LogP contribution < -0.4 is 4.90 Å². The third-order valence-electron chi connectivity index (χ3n) is 3.83. The molecule has 5 nitrogen and oxygen atoms in total. The second-order valence-corrected chi connectivity index (χ2v) is 5.30.